The van der Waals surface area contributed by atoms with Crippen molar-refractivity contribution in [3.05, 3.63) is 94.8 Å². The molecular weight excluding hydrogens is 460 g/mol. The first kappa shape index (κ1) is 22.5. The molecule has 2 aromatic heterocycles. The first-order valence-corrected chi connectivity index (χ1v) is 11.9. The summed E-state index contributed by atoms with van der Waals surface area (Å²) in [6, 6.07) is 24.5. The number of rotatable bonds is 6. The molecule has 0 radical (unpaired) electrons. The third kappa shape index (κ3) is 4.43. The second kappa shape index (κ2) is 9.52. The van der Waals surface area contributed by atoms with Crippen LogP contribution in [0.5, 0.6) is 5.75 Å². The van der Waals surface area contributed by atoms with Crippen molar-refractivity contribution >= 4 is 32.6 Å². The van der Waals surface area contributed by atoms with E-state index in [0.717, 1.165) is 27.1 Å². The molecule has 0 atom stereocenters. The third-order valence-electron chi connectivity index (χ3n) is 5.47. The molecule has 35 heavy (non-hydrogen) atoms. The fourth-order valence-corrected chi connectivity index (χ4v) is 4.79. The minimum absolute atomic E-state index is 0.0156. The number of carbonyl (C=O) groups is 1. The van der Waals surface area contributed by atoms with Crippen LogP contribution in [0, 0.1) is 0 Å². The van der Waals surface area contributed by atoms with E-state index >= 15 is 0 Å². The van der Waals surface area contributed by atoms with Gasteiger partial charge in [-0.25, -0.2) is 9.67 Å². The Morgan fingerprint density at radius 1 is 1.00 bits per heavy atom. The Hall–Kier alpha value is -4.30. The number of nitrogens with one attached hydrogen (secondary N) is 1. The summed E-state index contributed by atoms with van der Waals surface area (Å²) in [5.74, 6) is 0.205. The molecule has 0 aliphatic rings. The summed E-state index contributed by atoms with van der Waals surface area (Å²) in [6.07, 6.45) is 0. The van der Waals surface area contributed by atoms with Crippen LogP contribution in [0.25, 0.3) is 32.6 Å². The van der Waals surface area contributed by atoms with Gasteiger partial charge in [-0.05, 0) is 30.7 Å². The van der Waals surface area contributed by atoms with Crippen LogP contribution in [0.4, 0.5) is 5.13 Å². The zero-order chi connectivity index (χ0) is 24.4. The first-order chi connectivity index (χ1) is 17.0. The van der Waals surface area contributed by atoms with Crippen molar-refractivity contribution < 1.29 is 9.53 Å². The molecule has 0 unspecified atom stereocenters. The monoisotopic (exact) mass is 482 g/mol. The summed E-state index contributed by atoms with van der Waals surface area (Å²) in [4.78, 5) is 31.4. The minimum atomic E-state index is -0.534. The van der Waals surface area contributed by atoms with Gasteiger partial charge >= 0.3 is 0 Å². The number of thiazole rings is 1. The van der Waals surface area contributed by atoms with Gasteiger partial charge in [0.1, 0.15) is 11.3 Å². The lowest BCUT2D eigenvalue weighted by Crippen LogP contribution is -2.31. The largest absolute Gasteiger partial charge is 0.494 e. The van der Waals surface area contributed by atoms with Crippen molar-refractivity contribution in [2.24, 2.45) is 7.05 Å². The van der Waals surface area contributed by atoms with Gasteiger partial charge in [-0.15, -0.1) is 0 Å². The molecule has 0 fully saturated rings. The molecule has 0 saturated carbocycles. The average Bonchev–Trinajstić information content (AvgIpc) is 3.28. The Bertz CT molecular complexity index is 1580. The number of nitrogens with zero attached hydrogens (tertiary/aromatic N) is 3. The maximum absolute atomic E-state index is 13.6. The van der Waals surface area contributed by atoms with Crippen molar-refractivity contribution in [3.8, 4) is 28.1 Å². The summed E-state index contributed by atoms with van der Waals surface area (Å²) < 4.78 is 7.64. The van der Waals surface area contributed by atoms with Gasteiger partial charge in [0.25, 0.3) is 11.5 Å². The highest BCUT2D eigenvalue weighted by Gasteiger charge is 2.25. The van der Waals surface area contributed by atoms with Crippen molar-refractivity contribution in [2.75, 3.05) is 11.9 Å². The van der Waals surface area contributed by atoms with Crippen LogP contribution in [0.2, 0.25) is 0 Å². The zero-order valence-corrected chi connectivity index (χ0v) is 20.0. The maximum atomic E-state index is 13.6. The van der Waals surface area contributed by atoms with E-state index in [1.165, 1.54) is 16.0 Å². The van der Waals surface area contributed by atoms with Crippen LogP contribution < -0.4 is 15.6 Å². The number of fused-ring (bicyclic) bond motifs is 1. The van der Waals surface area contributed by atoms with Crippen molar-refractivity contribution in [1.29, 1.82) is 0 Å². The molecule has 174 valence electrons. The van der Waals surface area contributed by atoms with Crippen LogP contribution >= 0.6 is 11.3 Å². The summed E-state index contributed by atoms with van der Waals surface area (Å²) >= 11 is 1.33. The molecule has 8 heteroatoms. The normalized spacial score (nSPS) is 10.9. The average molecular weight is 483 g/mol. The van der Waals surface area contributed by atoms with Gasteiger partial charge in [-0.3, -0.25) is 14.9 Å². The number of amides is 1. The Kier molecular flexibility index (Phi) is 6.12. The molecule has 0 aliphatic carbocycles. The predicted molar refractivity (Wildman–Crippen MR) is 139 cm³/mol. The molecule has 5 aromatic rings. The van der Waals surface area contributed by atoms with Crippen molar-refractivity contribution in [2.45, 2.75) is 6.92 Å². The minimum Gasteiger partial charge on any atom is -0.494 e. The number of aryl methyl sites for hydroxylation is 1. The molecule has 2 heterocycles. The summed E-state index contributed by atoms with van der Waals surface area (Å²) in [7, 11) is 1.55. The highest BCUT2D eigenvalue weighted by atomic mass is 32.1. The van der Waals surface area contributed by atoms with E-state index in [-0.39, 0.29) is 5.56 Å². The Morgan fingerprint density at radius 3 is 2.37 bits per heavy atom. The molecular formula is C27H22N4O3S. The van der Waals surface area contributed by atoms with Gasteiger partial charge in [0.15, 0.2) is 5.13 Å². The van der Waals surface area contributed by atoms with E-state index in [0.29, 0.717) is 23.0 Å². The molecule has 0 saturated heterocycles. The number of hydrogen-bond donors (Lipinski definition) is 1. The molecule has 5 rings (SSSR count). The van der Waals surface area contributed by atoms with Crippen LogP contribution in [-0.2, 0) is 7.05 Å². The zero-order valence-electron chi connectivity index (χ0n) is 19.2. The van der Waals surface area contributed by atoms with E-state index in [4.69, 9.17) is 4.74 Å². The molecule has 3 aromatic carbocycles. The topological polar surface area (TPSA) is 86.1 Å². The lowest BCUT2D eigenvalue weighted by atomic mass is 9.95. The Labute approximate surface area is 205 Å². The van der Waals surface area contributed by atoms with Crippen LogP contribution in [0.3, 0.4) is 0 Å². The quantitative estimate of drug-likeness (QED) is 0.351. The number of anilines is 1. The van der Waals surface area contributed by atoms with E-state index in [2.05, 4.69) is 15.4 Å². The lowest BCUT2D eigenvalue weighted by Gasteiger charge is -2.15. The van der Waals surface area contributed by atoms with E-state index in [1.54, 1.807) is 7.05 Å². The van der Waals surface area contributed by atoms with Gasteiger partial charge in [-0.2, -0.15) is 5.10 Å². The van der Waals surface area contributed by atoms with Crippen molar-refractivity contribution in [1.82, 2.24) is 14.8 Å². The maximum Gasteiger partial charge on any atom is 0.280 e. The molecule has 7 nitrogen and oxygen atoms in total. The lowest BCUT2D eigenvalue weighted by molar-refractivity contribution is 0.102. The fourth-order valence-electron chi connectivity index (χ4n) is 3.90. The second-order valence-electron chi connectivity index (χ2n) is 7.80. The van der Waals surface area contributed by atoms with Crippen LogP contribution in [-0.4, -0.2) is 27.3 Å². The molecule has 0 spiro atoms. The SMILES string of the molecule is CCOc1ccc2nc(NC(=O)c3c(-c4ccccc4)c(-c4ccccc4)nn(C)c3=O)sc2c1. The van der Waals surface area contributed by atoms with Gasteiger partial charge < -0.3 is 4.74 Å². The van der Waals surface area contributed by atoms with Crippen LogP contribution in [0.1, 0.15) is 17.3 Å². The first-order valence-electron chi connectivity index (χ1n) is 11.1. The van der Waals surface area contributed by atoms with Crippen molar-refractivity contribution in [3.63, 3.8) is 0 Å². The Morgan fingerprint density at radius 2 is 1.69 bits per heavy atom. The van der Waals surface area contributed by atoms with E-state index in [1.807, 2.05) is 85.8 Å². The van der Waals surface area contributed by atoms with E-state index in [9.17, 15) is 9.59 Å². The molecule has 1 N–H and O–H groups in total. The van der Waals surface area contributed by atoms with Gasteiger partial charge in [0.2, 0.25) is 0 Å². The molecule has 0 bridgehead atoms. The smallest absolute Gasteiger partial charge is 0.280 e. The fraction of sp³-hybridized carbons (Fsp3) is 0.111. The summed E-state index contributed by atoms with van der Waals surface area (Å²) in [5.41, 5.74) is 2.84. The number of benzene rings is 3. The second-order valence-corrected chi connectivity index (χ2v) is 8.83. The number of ether oxygens (including phenoxy) is 1. The highest BCUT2D eigenvalue weighted by Crippen LogP contribution is 2.33. The Balaban J connectivity index is 1.63. The van der Waals surface area contributed by atoms with Crippen LogP contribution in [0.15, 0.2) is 83.7 Å². The van der Waals surface area contributed by atoms with Gasteiger partial charge in [0, 0.05) is 18.2 Å². The number of aromatic nitrogens is 3. The molecule has 0 aliphatic heterocycles. The summed E-state index contributed by atoms with van der Waals surface area (Å²) in [6.45, 7) is 2.48. The summed E-state index contributed by atoms with van der Waals surface area (Å²) in [5, 5.41) is 7.77. The van der Waals surface area contributed by atoms with Gasteiger partial charge in [-0.1, -0.05) is 72.0 Å². The van der Waals surface area contributed by atoms with E-state index < -0.39 is 11.5 Å². The highest BCUT2D eigenvalue weighted by molar-refractivity contribution is 7.22. The number of hydrogen-bond acceptors (Lipinski definition) is 6. The number of carbonyl (C=O) groups excluding carboxylic acids is 1. The predicted octanol–water partition coefficient (Wildman–Crippen LogP) is 5.38. The standard InChI is InChI=1S/C27H22N4O3S/c1-3-34-19-14-15-20-21(16-19)35-27(28-20)29-25(32)23-22(17-10-6-4-7-11-17)24(30-31(2)26(23)33)18-12-8-5-9-13-18/h4-16H,3H2,1-2H3,(H,28,29,32). The molecule has 1 amide bonds. The third-order valence-corrected chi connectivity index (χ3v) is 6.41. The van der Waals surface area contributed by atoms with Gasteiger partial charge in [0.05, 0.1) is 22.5 Å².